The van der Waals surface area contributed by atoms with E-state index in [1.165, 1.54) is 17.0 Å². The molecular weight excluding hydrogens is 612 g/mol. The van der Waals surface area contributed by atoms with Crippen molar-refractivity contribution >= 4 is 68.6 Å². The van der Waals surface area contributed by atoms with Gasteiger partial charge in [-0.05, 0) is 70.1 Å². The minimum atomic E-state index is -1.15. The van der Waals surface area contributed by atoms with E-state index in [4.69, 9.17) is 21.7 Å². The van der Waals surface area contributed by atoms with Crippen LogP contribution in [0.2, 0.25) is 0 Å². The molecule has 6 rings (SSSR count). The van der Waals surface area contributed by atoms with Crippen molar-refractivity contribution in [3.8, 4) is 0 Å². The third-order valence-electron chi connectivity index (χ3n) is 7.69. The van der Waals surface area contributed by atoms with Crippen LogP contribution < -0.4 is 11.5 Å². The van der Waals surface area contributed by atoms with Crippen LogP contribution in [-0.2, 0) is 22.4 Å². The summed E-state index contributed by atoms with van der Waals surface area (Å²) in [5.41, 5.74) is 17.6. The molecule has 12 nitrogen and oxygen atoms in total. The predicted octanol–water partition coefficient (Wildman–Crippen LogP) is 6.25. The van der Waals surface area contributed by atoms with E-state index in [0.717, 1.165) is 27.6 Å². The monoisotopic (exact) mass is 648 g/mol. The van der Waals surface area contributed by atoms with E-state index in [1.54, 1.807) is 30.6 Å². The van der Waals surface area contributed by atoms with Gasteiger partial charge in [0.1, 0.15) is 12.1 Å². The molecule has 0 fully saturated rings. The van der Waals surface area contributed by atoms with Crippen LogP contribution in [0.1, 0.15) is 27.8 Å². The van der Waals surface area contributed by atoms with Gasteiger partial charge in [-0.15, -0.1) is 0 Å². The number of nitro benzene ring substituents is 1. The fourth-order valence-electron chi connectivity index (χ4n) is 5.15. The number of nitrogens with zero attached hydrogens (tertiary/aromatic N) is 1. The van der Waals surface area contributed by atoms with Crippen LogP contribution in [0.25, 0.3) is 50.9 Å². The Morgan fingerprint density at radius 1 is 0.771 bits per heavy atom. The lowest BCUT2D eigenvalue weighted by molar-refractivity contribution is -0.383. The molecule has 246 valence electrons. The summed E-state index contributed by atoms with van der Waals surface area (Å²) in [6, 6.07) is 15.4. The van der Waals surface area contributed by atoms with Gasteiger partial charge in [0.05, 0.1) is 21.4 Å². The Morgan fingerprint density at radius 3 is 1.94 bits per heavy atom. The van der Waals surface area contributed by atoms with Crippen LogP contribution in [0, 0.1) is 10.1 Å². The minimum Gasteiger partial charge on any atom is -0.480 e. The maximum atomic E-state index is 11.3. The molecule has 12 heteroatoms. The average Bonchev–Trinajstić information content (AvgIpc) is 3.82. The molecule has 9 N–H and O–H groups in total. The van der Waals surface area contributed by atoms with E-state index in [1.807, 2.05) is 36.5 Å². The molecule has 0 saturated heterocycles. The molecule has 6 aromatic rings. The van der Waals surface area contributed by atoms with Crippen molar-refractivity contribution in [1.29, 1.82) is 0 Å². The Labute approximate surface area is 275 Å². The van der Waals surface area contributed by atoms with Crippen LogP contribution in [0.15, 0.2) is 92.9 Å². The Hall–Kier alpha value is -6.24. The third kappa shape index (κ3) is 7.94. The van der Waals surface area contributed by atoms with Gasteiger partial charge in [0.2, 0.25) is 0 Å². The molecule has 3 aromatic carbocycles. The van der Waals surface area contributed by atoms with Crippen LogP contribution in [0.5, 0.6) is 0 Å². The minimum absolute atomic E-state index is 0.0107. The topological polar surface area (TPSA) is 217 Å². The number of hydrogen-bond donors (Lipinski definition) is 7. The summed E-state index contributed by atoms with van der Waals surface area (Å²) in [7, 11) is 0. The molecule has 0 radical (unpaired) electrons. The van der Waals surface area contributed by atoms with Crippen molar-refractivity contribution in [2.45, 2.75) is 24.9 Å². The number of H-pyrrole nitrogens is 3. The number of carboxylic acids is 2. The first-order chi connectivity index (χ1) is 23.0. The second kappa shape index (κ2) is 15.4. The fourth-order valence-corrected chi connectivity index (χ4v) is 5.15. The highest BCUT2D eigenvalue weighted by Crippen LogP contribution is 2.33. The summed E-state index contributed by atoms with van der Waals surface area (Å²) in [4.78, 5) is 41.4. The smallest absolute Gasteiger partial charge is 0.320 e. The van der Waals surface area contributed by atoms with E-state index < -0.39 is 28.9 Å². The zero-order valence-corrected chi connectivity index (χ0v) is 26.0. The lowest BCUT2D eigenvalue weighted by Gasteiger charge is -2.06. The van der Waals surface area contributed by atoms with Gasteiger partial charge in [-0.1, -0.05) is 50.1 Å². The van der Waals surface area contributed by atoms with Gasteiger partial charge in [0, 0.05) is 47.9 Å². The molecule has 0 aliphatic rings. The summed E-state index contributed by atoms with van der Waals surface area (Å²) in [6.07, 6.45) is 10.6. The van der Waals surface area contributed by atoms with Gasteiger partial charge in [0.25, 0.3) is 5.69 Å². The molecule has 0 saturated carbocycles. The number of aromatic amines is 3. The van der Waals surface area contributed by atoms with Crippen LogP contribution >= 0.6 is 0 Å². The highest BCUT2D eigenvalue weighted by Gasteiger charge is 2.23. The number of nitrogens with two attached hydrogens (primary N) is 2. The summed E-state index contributed by atoms with van der Waals surface area (Å²) >= 11 is 0. The number of nitro groups is 1. The van der Waals surface area contributed by atoms with Crippen LogP contribution in [0.3, 0.4) is 0 Å². The molecule has 0 unspecified atom stereocenters. The number of hydrogen-bond acceptors (Lipinski definition) is 6. The van der Waals surface area contributed by atoms with E-state index in [-0.39, 0.29) is 12.1 Å². The number of fused-ring (bicyclic) bond motifs is 3. The maximum Gasteiger partial charge on any atom is 0.320 e. The first-order valence-corrected chi connectivity index (χ1v) is 14.8. The van der Waals surface area contributed by atoms with E-state index in [2.05, 4.69) is 52.9 Å². The second-order valence-electron chi connectivity index (χ2n) is 10.9. The Morgan fingerprint density at radius 2 is 1.33 bits per heavy atom. The highest BCUT2D eigenvalue weighted by atomic mass is 16.6. The molecule has 0 spiro atoms. The molecule has 0 aliphatic carbocycles. The van der Waals surface area contributed by atoms with Gasteiger partial charge in [0.15, 0.2) is 0 Å². The van der Waals surface area contributed by atoms with Crippen molar-refractivity contribution in [2.75, 3.05) is 0 Å². The van der Waals surface area contributed by atoms with E-state index in [9.17, 15) is 19.7 Å². The summed E-state index contributed by atoms with van der Waals surface area (Å²) in [5, 5.41) is 31.5. The molecule has 0 bridgehead atoms. The summed E-state index contributed by atoms with van der Waals surface area (Å²) in [6.45, 7) is 11.0. The van der Waals surface area contributed by atoms with Crippen molar-refractivity contribution in [1.82, 2.24) is 15.0 Å². The number of carbonyl (C=O) groups is 2. The average molecular weight is 649 g/mol. The SMILES string of the molecule is C=Cc1ccc2[nH]cc(C[C@H](N)C(=O)O)c2c1.C=Cc1ccc2[nH]cc(C[C@H](N)C(=O)O)c2c1[N+](=O)[O-].C=Cc1ccc2[nH]ccc2c1. The Bertz CT molecular complexity index is 2140. The zero-order chi connectivity index (χ0) is 35.0. The Kier molecular flexibility index (Phi) is 11.1. The summed E-state index contributed by atoms with van der Waals surface area (Å²) < 4.78 is 0. The fraction of sp³-hybridized carbons (Fsp3) is 0.111. The molecule has 0 aliphatic heterocycles. The standard InChI is InChI=1S/C13H13N3O4.C13H14N2O2.C10H9N/c1-2-7-3-4-10-11(12(7)16(19)20)8(6-15-10)5-9(14)13(17)18;1-2-8-3-4-12-10(5-8)9(7-15-12)6-11(14)13(16)17;1-2-8-3-4-10-9(7-8)5-6-11-10/h2-4,6,9,15H,1,5,14H2,(H,17,18);2-5,7,11,15H,1,6,14H2,(H,16,17);2-7,11H,1H2/t9-;11-;/m00./s1. The first kappa shape index (κ1) is 34.6. The summed E-state index contributed by atoms with van der Waals surface area (Å²) in [5.74, 6) is -2.14. The third-order valence-corrected chi connectivity index (χ3v) is 7.69. The molecular formula is C36H36N6O6. The van der Waals surface area contributed by atoms with Crippen molar-refractivity contribution in [3.05, 3.63) is 131 Å². The molecule has 3 aromatic heterocycles. The number of rotatable bonds is 10. The molecule has 2 atom stereocenters. The van der Waals surface area contributed by atoms with E-state index >= 15 is 0 Å². The molecule has 3 heterocycles. The first-order valence-electron chi connectivity index (χ1n) is 14.8. The highest BCUT2D eigenvalue weighted by molar-refractivity contribution is 5.96. The van der Waals surface area contributed by atoms with Crippen LogP contribution in [-0.4, -0.2) is 54.1 Å². The van der Waals surface area contributed by atoms with Gasteiger partial charge in [-0.25, -0.2) is 0 Å². The van der Waals surface area contributed by atoms with Crippen molar-refractivity contribution in [3.63, 3.8) is 0 Å². The second-order valence-corrected chi connectivity index (χ2v) is 10.9. The van der Waals surface area contributed by atoms with Gasteiger partial charge in [-0.3, -0.25) is 19.7 Å². The van der Waals surface area contributed by atoms with Crippen LogP contribution in [0.4, 0.5) is 5.69 Å². The predicted molar refractivity (Wildman–Crippen MR) is 190 cm³/mol. The normalized spacial score (nSPS) is 11.9. The molecule has 0 amide bonds. The van der Waals surface area contributed by atoms with Gasteiger partial charge < -0.3 is 36.6 Å². The lowest BCUT2D eigenvalue weighted by Crippen LogP contribution is -2.32. The van der Waals surface area contributed by atoms with Gasteiger partial charge in [-0.2, -0.15) is 0 Å². The largest absolute Gasteiger partial charge is 0.480 e. The number of benzene rings is 3. The Balaban J connectivity index is 0.000000169. The van der Waals surface area contributed by atoms with Crippen molar-refractivity contribution in [2.24, 2.45) is 11.5 Å². The van der Waals surface area contributed by atoms with Gasteiger partial charge >= 0.3 is 11.9 Å². The number of carboxylic acid groups (broad SMARTS) is 2. The maximum absolute atomic E-state index is 11.3. The lowest BCUT2D eigenvalue weighted by atomic mass is 10.0. The van der Waals surface area contributed by atoms with E-state index in [0.29, 0.717) is 28.5 Å². The number of aromatic nitrogens is 3. The number of aliphatic carboxylic acids is 2. The number of nitrogens with one attached hydrogen (secondary N) is 3. The molecule has 48 heavy (non-hydrogen) atoms. The van der Waals surface area contributed by atoms with Crippen molar-refractivity contribution < 1.29 is 24.7 Å². The zero-order valence-electron chi connectivity index (χ0n) is 26.0. The quantitative estimate of drug-likeness (QED) is 0.0663.